The maximum absolute atomic E-state index is 12.3. The number of carboxylic acids is 1. The van der Waals surface area contributed by atoms with E-state index in [-0.39, 0.29) is 18.4 Å². The number of rotatable bonds is 4. The van der Waals surface area contributed by atoms with E-state index in [2.05, 4.69) is 5.32 Å². The number of carbonyl (C=O) groups is 2. The summed E-state index contributed by atoms with van der Waals surface area (Å²) in [7, 11) is 1.55. The molecule has 2 rings (SSSR count). The van der Waals surface area contributed by atoms with Gasteiger partial charge in [-0.1, -0.05) is 12.1 Å². The number of likely N-dealkylation sites (tertiary alicyclic amines) is 1. The second-order valence-corrected chi connectivity index (χ2v) is 5.18. The molecule has 0 saturated carbocycles. The SMILES string of the molecule is COc1ccccc1NC(=O)N1CCCC(CC(=O)O)C1. The first-order valence-electron chi connectivity index (χ1n) is 7.01. The van der Waals surface area contributed by atoms with Crippen LogP contribution in [-0.2, 0) is 4.79 Å². The van der Waals surface area contributed by atoms with Gasteiger partial charge in [-0.25, -0.2) is 4.79 Å². The number of hydrogen-bond acceptors (Lipinski definition) is 3. The Morgan fingerprint density at radius 3 is 2.90 bits per heavy atom. The molecule has 1 aromatic rings. The first kappa shape index (κ1) is 15.2. The summed E-state index contributed by atoms with van der Waals surface area (Å²) in [6.45, 7) is 1.13. The van der Waals surface area contributed by atoms with Crippen molar-refractivity contribution >= 4 is 17.7 Å². The van der Waals surface area contributed by atoms with Crippen molar-refractivity contribution in [1.82, 2.24) is 4.90 Å². The van der Waals surface area contributed by atoms with E-state index in [4.69, 9.17) is 9.84 Å². The van der Waals surface area contributed by atoms with E-state index in [1.54, 1.807) is 24.1 Å². The van der Waals surface area contributed by atoms with Crippen LogP contribution in [0.1, 0.15) is 19.3 Å². The number of benzene rings is 1. The lowest BCUT2D eigenvalue weighted by Gasteiger charge is -2.32. The molecule has 0 bridgehead atoms. The van der Waals surface area contributed by atoms with Gasteiger partial charge in [0.05, 0.1) is 12.8 Å². The van der Waals surface area contributed by atoms with Crippen LogP contribution in [-0.4, -0.2) is 42.2 Å². The first-order chi connectivity index (χ1) is 10.1. The number of para-hydroxylation sites is 2. The number of hydrogen-bond donors (Lipinski definition) is 2. The molecule has 6 heteroatoms. The molecule has 114 valence electrons. The summed E-state index contributed by atoms with van der Waals surface area (Å²) in [6.07, 6.45) is 1.79. The lowest BCUT2D eigenvalue weighted by Crippen LogP contribution is -2.42. The molecule has 0 aliphatic carbocycles. The number of aliphatic carboxylic acids is 1. The molecule has 1 aliphatic heterocycles. The molecule has 0 aromatic heterocycles. The number of amides is 2. The molecule has 0 spiro atoms. The van der Waals surface area contributed by atoms with Gasteiger partial charge in [-0.05, 0) is 30.9 Å². The van der Waals surface area contributed by atoms with Crippen LogP contribution in [0.4, 0.5) is 10.5 Å². The van der Waals surface area contributed by atoms with Crippen LogP contribution < -0.4 is 10.1 Å². The summed E-state index contributed by atoms with van der Waals surface area (Å²) in [5.74, 6) is -0.184. The van der Waals surface area contributed by atoms with Crippen molar-refractivity contribution in [3.8, 4) is 5.75 Å². The molecule has 1 fully saturated rings. The van der Waals surface area contributed by atoms with Gasteiger partial charge in [0.15, 0.2) is 0 Å². The largest absolute Gasteiger partial charge is 0.495 e. The first-order valence-corrected chi connectivity index (χ1v) is 7.01. The third-order valence-corrected chi connectivity index (χ3v) is 3.62. The Hall–Kier alpha value is -2.24. The van der Waals surface area contributed by atoms with Crippen molar-refractivity contribution < 1.29 is 19.4 Å². The molecule has 1 aromatic carbocycles. The van der Waals surface area contributed by atoms with Crippen LogP contribution in [0.15, 0.2) is 24.3 Å². The molecule has 2 amide bonds. The topological polar surface area (TPSA) is 78.9 Å². The monoisotopic (exact) mass is 292 g/mol. The van der Waals surface area contributed by atoms with Crippen molar-refractivity contribution in [2.24, 2.45) is 5.92 Å². The van der Waals surface area contributed by atoms with E-state index >= 15 is 0 Å². The standard InChI is InChI=1S/C15H20N2O4/c1-21-13-7-3-2-6-12(13)16-15(20)17-8-4-5-11(10-17)9-14(18)19/h2-3,6-7,11H,4-5,8-10H2,1H3,(H,16,20)(H,18,19). The van der Waals surface area contributed by atoms with E-state index in [0.29, 0.717) is 24.5 Å². The van der Waals surface area contributed by atoms with E-state index < -0.39 is 5.97 Å². The predicted octanol–water partition coefficient (Wildman–Crippen LogP) is 2.41. The number of methoxy groups -OCH3 is 1. The molecule has 1 saturated heterocycles. The van der Waals surface area contributed by atoms with Gasteiger partial charge in [0.1, 0.15) is 5.75 Å². The van der Waals surface area contributed by atoms with Crippen LogP contribution in [0.2, 0.25) is 0 Å². The average molecular weight is 292 g/mol. The summed E-state index contributed by atoms with van der Waals surface area (Å²) < 4.78 is 5.20. The van der Waals surface area contributed by atoms with Crippen LogP contribution in [0, 0.1) is 5.92 Å². The number of urea groups is 1. The second kappa shape index (κ2) is 6.97. The van der Waals surface area contributed by atoms with Gasteiger partial charge in [-0.3, -0.25) is 4.79 Å². The molecular formula is C15H20N2O4. The smallest absolute Gasteiger partial charge is 0.321 e. The lowest BCUT2D eigenvalue weighted by atomic mass is 9.95. The molecule has 1 atom stereocenters. The summed E-state index contributed by atoms with van der Waals surface area (Å²) in [4.78, 5) is 24.7. The zero-order chi connectivity index (χ0) is 15.2. The van der Waals surface area contributed by atoms with Gasteiger partial charge in [0, 0.05) is 19.5 Å². The number of anilines is 1. The summed E-state index contributed by atoms with van der Waals surface area (Å²) in [5.41, 5.74) is 0.616. The minimum Gasteiger partial charge on any atom is -0.495 e. The minimum absolute atomic E-state index is 0.0275. The number of piperidine rings is 1. The Labute approximate surface area is 123 Å². The Bertz CT molecular complexity index is 518. The third kappa shape index (κ3) is 4.11. The van der Waals surface area contributed by atoms with Crippen LogP contribution >= 0.6 is 0 Å². The predicted molar refractivity (Wildman–Crippen MR) is 78.6 cm³/mol. The molecule has 21 heavy (non-hydrogen) atoms. The van der Waals surface area contributed by atoms with Crippen LogP contribution in [0.5, 0.6) is 5.75 Å². The van der Waals surface area contributed by atoms with Crippen molar-refractivity contribution in [3.63, 3.8) is 0 Å². The van der Waals surface area contributed by atoms with Crippen LogP contribution in [0.25, 0.3) is 0 Å². The van der Waals surface area contributed by atoms with E-state index in [0.717, 1.165) is 12.8 Å². The lowest BCUT2D eigenvalue weighted by molar-refractivity contribution is -0.138. The van der Waals surface area contributed by atoms with Gasteiger partial charge in [0.25, 0.3) is 0 Å². The van der Waals surface area contributed by atoms with E-state index in [9.17, 15) is 9.59 Å². The second-order valence-electron chi connectivity index (χ2n) is 5.18. The zero-order valence-corrected chi connectivity index (χ0v) is 12.0. The van der Waals surface area contributed by atoms with Gasteiger partial charge in [0.2, 0.25) is 0 Å². The highest BCUT2D eigenvalue weighted by Crippen LogP contribution is 2.25. The Kier molecular flexibility index (Phi) is 5.03. The number of nitrogens with one attached hydrogen (secondary N) is 1. The van der Waals surface area contributed by atoms with Crippen molar-refractivity contribution in [1.29, 1.82) is 0 Å². The van der Waals surface area contributed by atoms with E-state index in [1.807, 2.05) is 12.1 Å². The molecule has 1 heterocycles. The normalized spacial score (nSPS) is 18.1. The number of ether oxygens (including phenoxy) is 1. The van der Waals surface area contributed by atoms with E-state index in [1.165, 1.54) is 0 Å². The molecule has 6 nitrogen and oxygen atoms in total. The maximum Gasteiger partial charge on any atom is 0.321 e. The van der Waals surface area contributed by atoms with Crippen molar-refractivity contribution in [2.75, 3.05) is 25.5 Å². The highest BCUT2D eigenvalue weighted by Gasteiger charge is 2.25. The third-order valence-electron chi connectivity index (χ3n) is 3.62. The summed E-state index contributed by atoms with van der Waals surface area (Å²) in [5, 5.41) is 11.7. The van der Waals surface area contributed by atoms with Crippen molar-refractivity contribution in [2.45, 2.75) is 19.3 Å². The van der Waals surface area contributed by atoms with Gasteiger partial charge < -0.3 is 20.1 Å². The average Bonchev–Trinajstić information content (AvgIpc) is 2.47. The Morgan fingerprint density at radius 1 is 1.43 bits per heavy atom. The summed E-state index contributed by atoms with van der Waals surface area (Å²) in [6, 6.07) is 6.99. The zero-order valence-electron chi connectivity index (χ0n) is 12.0. The quantitative estimate of drug-likeness (QED) is 0.893. The molecule has 0 radical (unpaired) electrons. The van der Waals surface area contributed by atoms with Gasteiger partial charge in [-0.15, -0.1) is 0 Å². The Balaban J connectivity index is 1.98. The molecular weight excluding hydrogens is 272 g/mol. The maximum atomic E-state index is 12.3. The molecule has 2 N–H and O–H groups in total. The molecule has 1 unspecified atom stereocenters. The minimum atomic E-state index is -0.813. The number of nitrogens with zero attached hydrogens (tertiary/aromatic N) is 1. The Morgan fingerprint density at radius 2 is 2.19 bits per heavy atom. The van der Waals surface area contributed by atoms with Gasteiger partial charge in [-0.2, -0.15) is 0 Å². The summed E-state index contributed by atoms with van der Waals surface area (Å²) >= 11 is 0. The van der Waals surface area contributed by atoms with Crippen molar-refractivity contribution in [3.05, 3.63) is 24.3 Å². The fourth-order valence-corrected chi connectivity index (χ4v) is 2.61. The number of carbonyl (C=O) groups excluding carboxylic acids is 1. The number of carboxylic acid groups (broad SMARTS) is 1. The fraction of sp³-hybridized carbons (Fsp3) is 0.467. The molecule has 1 aliphatic rings. The fourth-order valence-electron chi connectivity index (χ4n) is 2.61. The highest BCUT2D eigenvalue weighted by atomic mass is 16.5. The highest BCUT2D eigenvalue weighted by molar-refractivity contribution is 5.91. The van der Waals surface area contributed by atoms with Gasteiger partial charge >= 0.3 is 12.0 Å². The van der Waals surface area contributed by atoms with Crippen LogP contribution in [0.3, 0.4) is 0 Å².